The highest BCUT2D eigenvalue weighted by molar-refractivity contribution is 5.97. The Bertz CT molecular complexity index is 4110. The Balaban J connectivity index is 0.000000175. The molecule has 3 amide bonds. The van der Waals surface area contributed by atoms with E-state index in [1.54, 1.807) is 43.3 Å². The maximum atomic E-state index is 12.6. The third-order valence-corrected chi connectivity index (χ3v) is 11.8. The van der Waals surface area contributed by atoms with Crippen molar-refractivity contribution in [2.75, 3.05) is 16.0 Å². The van der Waals surface area contributed by atoms with E-state index in [1.807, 2.05) is 0 Å². The number of hydrogen-bond acceptors (Lipinski definition) is 17. The summed E-state index contributed by atoms with van der Waals surface area (Å²) in [4.78, 5) is 104. The molecule has 11 N–H and O–H groups in total. The molecule has 6 aromatic carbocycles. The molecule has 0 aliphatic carbocycles. The van der Waals surface area contributed by atoms with Crippen molar-refractivity contribution in [3.63, 3.8) is 0 Å². The molecule has 0 radical (unpaired) electrons. The summed E-state index contributed by atoms with van der Waals surface area (Å²) < 4.78 is 16.9. The van der Waals surface area contributed by atoms with E-state index >= 15 is 0 Å². The average Bonchev–Trinajstić information content (AvgIpc) is 3.63. The van der Waals surface area contributed by atoms with E-state index < -0.39 is 69.2 Å². The van der Waals surface area contributed by atoms with Gasteiger partial charge in [-0.05, 0) is 110 Å². The first kappa shape index (κ1) is 57.5. The van der Waals surface area contributed by atoms with Gasteiger partial charge >= 0.3 is 17.9 Å². The zero-order valence-corrected chi connectivity index (χ0v) is 42.3. The number of carbonyl (C=O) groups is 6. The number of phenols is 2. The van der Waals surface area contributed by atoms with Crippen LogP contribution < -0.4 is 32.2 Å². The van der Waals surface area contributed by atoms with E-state index in [0.29, 0.717) is 27.9 Å². The first-order valence-electron chi connectivity index (χ1n) is 24.2. The Morgan fingerprint density at radius 2 is 0.728 bits per heavy atom. The van der Waals surface area contributed by atoms with Gasteiger partial charge in [0, 0.05) is 53.0 Å². The number of phenolic OH excluding ortho intramolecular Hbond substituents is 2. The van der Waals surface area contributed by atoms with Crippen LogP contribution in [0.1, 0.15) is 44.1 Å². The van der Waals surface area contributed by atoms with Crippen LogP contribution in [0.4, 0.5) is 17.1 Å². The molecular weight excluding hydrogens is 1060 g/mol. The summed E-state index contributed by atoms with van der Waals surface area (Å²) >= 11 is 0. The largest absolute Gasteiger partial charge is 0.508 e. The molecule has 9 rings (SSSR count). The number of anilines is 3. The summed E-state index contributed by atoms with van der Waals surface area (Å²) in [7, 11) is 0. The van der Waals surface area contributed by atoms with Gasteiger partial charge < -0.3 is 70.1 Å². The highest BCUT2D eigenvalue weighted by atomic mass is 16.4. The maximum Gasteiger partial charge on any atom is 0.303 e. The monoisotopic (exact) mass is 1110 g/mol. The Hall–Kier alpha value is -11.2. The number of aliphatic carboxylic acids is 3. The summed E-state index contributed by atoms with van der Waals surface area (Å²) in [5.41, 5.74) is 1.52. The normalized spacial score (nSPS) is 10.7. The van der Waals surface area contributed by atoms with E-state index in [9.17, 15) is 68.7 Å². The second-order valence-electron chi connectivity index (χ2n) is 17.7. The highest BCUT2D eigenvalue weighted by Gasteiger charge is 2.20. The Morgan fingerprint density at radius 1 is 0.395 bits per heavy atom. The van der Waals surface area contributed by atoms with Gasteiger partial charge in [0.05, 0.1) is 35.4 Å². The summed E-state index contributed by atoms with van der Waals surface area (Å²) in [6, 6.07) is 32.1. The molecule has 0 saturated carbocycles. The van der Waals surface area contributed by atoms with E-state index in [2.05, 4.69) is 16.0 Å². The molecule has 23 heteroatoms. The third kappa shape index (κ3) is 14.4. The molecular formula is C58H47N3O20. The second kappa shape index (κ2) is 25.3. The molecule has 3 heterocycles. The van der Waals surface area contributed by atoms with Crippen molar-refractivity contribution >= 4 is 85.6 Å². The Labute approximate surface area is 454 Å². The molecule has 0 atom stereocenters. The minimum absolute atomic E-state index is 0.0288. The molecule has 9 aromatic rings. The van der Waals surface area contributed by atoms with Gasteiger partial charge in [-0.25, -0.2) is 0 Å². The number of benzene rings is 6. The first-order valence-corrected chi connectivity index (χ1v) is 24.2. The predicted octanol–water partition coefficient (Wildman–Crippen LogP) is 8.63. The van der Waals surface area contributed by atoms with Gasteiger partial charge in [0.1, 0.15) is 28.2 Å². The lowest BCUT2D eigenvalue weighted by atomic mass is 10.1. The Kier molecular flexibility index (Phi) is 17.9. The third-order valence-electron chi connectivity index (χ3n) is 11.8. The smallest absolute Gasteiger partial charge is 0.303 e. The van der Waals surface area contributed by atoms with Gasteiger partial charge in [0.25, 0.3) is 0 Å². The standard InChI is InChI=1S/C20H17NO7.C19H15NO7.C19H15NO6/c1-10-8-11(2-4-14(10)22)20-19(27)18(26)13-9-12(3-5-15(13)28-20)21-16(23)6-7-17(24)25;21-12-4-1-10(2-5-12)19-18(26)17(25)13-9-11(3-6-14(13)27-19)20-15(22)7-8-16(23)24;21-15(8-9-16(22)23)20-12-6-7-14-13(10-12)17(24)18(25)19(26-14)11-4-2-1-3-5-11/h2-5,8-9,22,27H,6-7H2,1H3,(H,21,23)(H,24,25);1-6,9,21,26H,7-8H2,(H,20,22)(H,23,24);1-7,10,25H,8-9H2,(H,20,21)(H,22,23). The van der Waals surface area contributed by atoms with Gasteiger partial charge in [-0.15, -0.1) is 0 Å². The van der Waals surface area contributed by atoms with Crippen LogP contribution >= 0.6 is 0 Å². The van der Waals surface area contributed by atoms with E-state index in [-0.39, 0.29) is 112 Å². The highest BCUT2D eigenvalue weighted by Crippen LogP contribution is 2.35. The van der Waals surface area contributed by atoms with Crippen LogP contribution in [0.3, 0.4) is 0 Å². The number of amides is 3. The van der Waals surface area contributed by atoms with Gasteiger partial charge in [0.15, 0.2) is 17.3 Å². The summed E-state index contributed by atoms with van der Waals surface area (Å²) in [6.45, 7) is 1.67. The predicted molar refractivity (Wildman–Crippen MR) is 293 cm³/mol. The molecule has 81 heavy (non-hydrogen) atoms. The molecule has 0 aliphatic rings. The lowest BCUT2D eigenvalue weighted by molar-refractivity contribution is -0.138. The lowest BCUT2D eigenvalue weighted by Gasteiger charge is -2.09. The van der Waals surface area contributed by atoms with Crippen molar-refractivity contribution in [1.82, 2.24) is 0 Å². The average molecular weight is 1110 g/mol. The van der Waals surface area contributed by atoms with Crippen LogP contribution in [0.15, 0.2) is 155 Å². The molecule has 0 fully saturated rings. The molecule has 0 bridgehead atoms. The molecule has 414 valence electrons. The number of rotatable bonds is 15. The van der Waals surface area contributed by atoms with Crippen LogP contribution in [0.25, 0.3) is 66.9 Å². The van der Waals surface area contributed by atoms with Gasteiger partial charge in [-0.3, -0.25) is 43.2 Å². The number of aryl methyl sites for hydroxylation is 1. The van der Waals surface area contributed by atoms with Crippen molar-refractivity contribution in [3.05, 3.63) is 164 Å². The zero-order valence-electron chi connectivity index (χ0n) is 42.3. The second-order valence-corrected chi connectivity index (χ2v) is 17.7. The quantitative estimate of drug-likeness (QED) is 0.0457. The molecule has 23 nitrogen and oxygen atoms in total. The number of carboxylic acids is 3. The fourth-order valence-electron chi connectivity index (χ4n) is 7.71. The number of carboxylic acid groups (broad SMARTS) is 3. The lowest BCUT2D eigenvalue weighted by Crippen LogP contribution is -2.13. The number of carbonyl (C=O) groups excluding carboxylic acids is 3. The van der Waals surface area contributed by atoms with Crippen LogP contribution in [0.2, 0.25) is 0 Å². The molecule has 0 spiro atoms. The van der Waals surface area contributed by atoms with E-state index in [0.717, 1.165) is 0 Å². The Morgan fingerprint density at radius 3 is 1.07 bits per heavy atom. The fourth-order valence-corrected chi connectivity index (χ4v) is 7.71. The van der Waals surface area contributed by atoms with Gasteiger partial charge in [0.2, 0.25) is 51.3 Å². The minimum Gasteiger partial charge on any atom is -0.508 e. The maximum absolute atomic E-state index is 12.6. The van der Waals surface area contributed by atoms with Gasteiger partial charge in [-0.1, -0.05) is 30.3 Å². The summed E-state index contributed by atoms with van der Waals surface area (Å²) in [6.07, 6.45) is -1.49. The summed E-state index contributed by atoms with van der Waals surface area (Å²) in [5, 5.41) is 83.3. The van der Waals surface area contributed by atoms with Gasteiger partial charge in [-0.2, -0.15) is 0 Å². The van der Waals surface area contributed by atoms with E-state index in [1.165, 1.54) is 91.0 Å². The number of aromatic hydroxyl groups is 5. The van der Waals surface area contributed by atoms with Crippen molar-refractivity contribution in [3.8, 4) is 62.7 Å². The topological polar surface area (TPSA) is 391 Å². The number of hydrogen-bond donors (Lipinski definition) is 11. The number of fused-ring (bicyclic) bond motifs is 3. The van der Waals surface area contributed by atoms with Crippen molar-refractivity contribution < 1.29 is 82.9 Å². The fraction of sp³-hybridized carbons (Fsp3) is 0.121. The molecule has 0 aliphatic heterocycles. The zero-order chi connectivity index (χ0) is 58.7. The van der Waals surface area contributed by atoms with Crippen LogP contribution in [-0.4, -0.2) is 76.5 Å². The minimum atomic E-state index is -1.09. The van der Waals surface area contributed by atoms with Crippen LogP contribution in [0.5, 0.6) is 28.7 Å². The molecule has 3 aromatic heterocycles. The SMILES string of the molecule is Cc1cc(-c2oc3ccc(NC(=O)CCC(=O)O)cc3c(=O)c2O)ccc1O.O=C(O)CCC(=O)Nc1ccc2oc(-c3ccc(O)cc3)c(O)c(=O)c2c1.O=C(O)CCC(=O)Nc1ccc2oc(-c3ccccc3)c(O)c(=O)c2c1. The van der Waals surface area contributed by atoms with Crippen LogP contribution in [0, 0.1) is 6.92 Å². The number of nitrogens with one attached hydrogen (secondary N) is 3. The summed E-state index contributed by atoms with van der Waals surface area (Å²) in [5.74, 6) is -6.33. The van der Waals surface area contributed by atoms with Crippen molar-refractivity contribution in [2.24, 2.45) is 0 Å². The first-order chi connectivity index (χ1) is 38.6. The van der Waals surface area contributed by atoms with Crippen molar-refractivity contribution in [1.29, 1.82) is 0 Å². The molecule has 0 unspecified atom stereocenters. The van der Waals surface area contributed by atoms with Crippen molar-refractivity contribution in [2.45, 2.75) is 45.4 Å². The van der Waals surface area contributed by atoms with E-state index in [4.69, 9.17) is 28.6 Å². The molecule has 0 saturated heterocycles. The van der Waals surface area contributed by atoms with Crippen LogP contribution in [-0.2, 0) is 28.8 Å².